The van der Waals surface area contributed by atoms with Crippen molar-refractivity contribution in [2.75, 3.05) is 6.54 Å². The summed E-state index contributed by atoms with van der Waals surface area (Å²) in [6, 6.07) is 0. The molecule has 1 fully saturated rings. The highest BCUT2D eigenvalue weighted by Gasteiger charge is 2.37. The molecule has 2 rings (SSSR count). The van der Waals surface area contributed by atoms with Gasteiger partial charge in [0.25, 0.3) is 0 Å². The van der Waals surface area contributed by atoms with Crippen LogP contribution >= 0.6 is 0 Å². The molecule has 4 nitrogen and oxygen atoms in total. The van der Waals surface area contributed by atoms with E-state index in [0.717, 1.165) is 5.57 Å². The molecule has 0 aliphatic heterocycles. The SMILES string of the molecule is CC1=C(C)C[C@@H](C(=O)O)[C@@H](C(=O)NCC2CCCCC2)C1. The predicted molar refractivity (Wildman–Crippen MR) is 81.8 cm³/mol. The maximum absolute atomic E-state index is 12.4. The first-order chi connectivity index (χ1) is 9.99. The average molecular weight is 293 g/mol. The second-order valence-corrected chi connectivity index (χ2v) is 6.77. The van der Waals surface area contributed by atoms with Crippen LogP contribution in [0.15, 0.2) is 11.1 Å². The first-order valence-electron chi connectivity index (χ1n) is 8.14. The topological polar surface area (TPSA) is 66.4 Å². The lowest BCUT2D eigenvalue weighted by molar-refractivity contribution is -0.147. The van der Waals surface area contributed by atoms with E-state index in [1.807, 2.05) is 13.8 Å². The van der Waals surface area contributed by atoms with Crippen molar-refractivity contribution in [2.45, 2.75) is 58.8 Å². The molecule has 1 amide bonds. The van der Waals surface area contributed by atoms with Crippen LogP contribution in [0.5, 0.6) is 0 Å². The lowest BCUT2D eigenvalue weighted by Crippen LogP contribution is -2.41. The molecule has 1 saturated carbocycles. The van der Waals surface area contributed by atoms with Gasteiger partial charge >= 0.3 is 5.97 Å². The van der Waals surface area contributed by atoms with Gasteiger partial charge in [-0.25, -0.2) is 0 Å². The monoisotopic (exact) mass is 293 g/mol. The van der Waals surface area contributed by atoms with Crippen molar-refractivity contribution in [3.63, 3.8) is 0 Å². The molecule has 0 unspecified atom stereocenters. The van der Waals surface area contributed by atoms with Gasteiger partial charge in [0, 0.05) is 6.54 Å². The third kappa shape index (κ3) is 4.08. The minimum Gasteiger partial charge on any atom is -0.481 e. The van der Waals surface area contributed by atoms with Gasteiger partial charge in [-0.2, -0.15) is 0 Å². The molecule has 0 aromatic heterocycles. The van der Waals surface area contributed by atoms with Crippen LogP contribution in [0.3, 0.4) is 0 Å². The molecular formula is C17H27NO3. The van der Waals surface area contributed by atoms with E-state index < -0.39 is 17.8 Å². The summed E-state index contributed by atoms with van der Waals surface area (Å²) in [7, 11) is 0. The van der Waals surface area contributed by atoms with Crippen molar-refractivity contribution in [1.82, 2.24) is 5.32 Å². The minimum absolute atomic E-state index is 0.0696. The Balaban J connectivity index is 1.94. The summed E-state index contributed by atoms with van der Waals surface area (Å²) in [6.45, 7) is 4.69. The van der Waals surface area contributed by atoms with Crippen molar-refractivity contribution in [2.24, 2.45) is 17.8 Å². The van der Waals surface area contributed by atoms with Crippen molar-refractivity contribution >= 4 is 11.9 Å². The van der Waals surface area contributed by atoms with Crippen molar-refractivity contribution in [3.05, 3.63) is 11.1 Å². The van der Waals surface area contributed by atoms with E-state index in [2.05, 4.69) is 5.32 Å². The second-order valence-electron chi connectivity index (χ2n) is 6.77. The highest BCUT2D eigenvalue weighted by molar-refractivity contribution is 5.85. The molecule has 118 valence electrons. The first-order valence-corrected chi connectivity index (χ1v) is 8.14. The van der Waals surface area contributed by atoms with Gasteiger partial charge in [-0.15, -0.1) is 0 Å². The molecule has 2 aliphatic rings. The van der Waals surface area contributed by atoms with Crippen LogP contribution in [0.2, 0.25) is 0 Å². The highest BCUT2D eigenvalue weighted by Crippen LogP contribution is 2.34. The molecule has 2 atom stereocenters. The van der Waals surface area contributed by atoms with Crippen LogP contribution in [-0.4, -0.2) is 23.5 Å². The van der Waals surface area contributed by atoms with E-state index in [1.165, 1.54) is 37.7 Å². The quantitative estimate of drug-likeness (QED) is 0.783. The third-order valence-corrected chi connectivity index (χ3v) is 5.21. The molecule has 0 bridgehead atoms. The highest BCUT2D eigenvalue weighted by atomic mass is 16.4. The standard InChI is InChI=1S/C17H27NO3/c1-11-8-14(15(17(20)21)9-12(11)2)16(19)18-10-13-6-4-3-5-7-13/h13-15H,3-10H2,1-2H3,(H,18,19)(H,20,21)/t14-,15+/m0/s1. The number of carbonyl (C=O) groups is 2. The number of carboxylic acid groups (broad SMARTS) is 1. The zero-order chi connectivity index (χ0) is 15.4. The van der Waals surface area contributed by atoms with E-state index in [4.69, 9.17) is 0 Å². The Hall–Kier alpha value is -1.32. The molecule has 21 heavy (non-hydrogen) atoms. The lowest BCUT2D eigenvalue weighted by atomic mass is 9.76. The summed E-state index contributed by atoms with van der Waals surface area (Å²) in [6.07, 6.45) is 7.27. The minimum atomic E-state index is -0.848. The summed E-state index contributed by atoms with van der Waals surface area (Å²) >= 11 is 0. The molecule has 2 aliphatic carbocycles. The van der Waals surface area contributed by atoms with Gasteiger partial charge in [-0.05, 0) is 45.4 Å². The predicted octanol–water partition coefficient (Wildman–Crippen LogP) is 3.13. The zero-order valence-electron chi connectivity index (χ0n) is 13.2. The maximum Gasteiger partial charge on any atom is 0.307 e. The first kappa shape index (κ1) is 16.1. The van der Waals surface area contributed by atoms with E-state index in [-0.39, 0.29) is 5.91 Å². The van der Waals surface area contributed by atoms with Crippen LogP contribution in [0.4, 0.5) is 0 Å². The maximum atomic E-state index is 12.4. The molecule has 0 radical (unpaired) electrons. The fraction of sp³-hybridized carbons (Fsp3) is 0.765. The number of carbonyl (C=O) groups excluding carboxylic acids is 1. The summed E-state index contributed by atoms with van der Waals surface area (Å²) in [4.78, 5) is 23.8. The smallest absolute Gasteiger partial charge is 0.307 e. The molecule has 4 heteroatoms. The lowest BCUT2D eigenvalue weighted by Gasteiger charge is -2.30. The van der Waals surface area contributed by atoms with Gasteiger partial charge in [0.15, 0.2) is 0 Å². The van der Waals surface area contributed by atoms with Crippen LogP contribution in [0, 0.1) is 17.8 Å². The van der Waals surface area contributed by atoms with E-state index in [0.29, 0.717) is 25.3 Å². The van der Waals surface area contributed by atoms with Crippen LogP contribution in [-0.2, 0) is 9.59 Å². The number of allylic oxidation sites excluding steroid dienone is 2. The van der Waals surface area contributed by atoms with Crippen LogP contribution < -0.4 is 5.32 Å². The third-order valence-electron chi connectivity index (χ3n) is 5.21. The van der Waals surface area contributed by atoms with Gasteiger partial charge in [-0.1, -0.05) is 30.4 Å². The molecule has 0 aromatic carbocycles. The Morgan fingerprint density at radius 3 is 2.19 bits per heavy atom. The summed E-state index contributed by atoms with van der Waals surface area (Å²) in [5, 5.41) is 12.4. The van der Waals surface area contributed by atoms with Gasteiger partial charge in [-0.3, -0.25) is 9.59 Å². The number of carboxylic acids is 1. The number of hydrogen-bond donors (Lipinski definition) is 2. The number of nitrogens with one attached hydrogen (secondary N) is 1. The van der Waals surface area contributed by atoms with E-state index in [1.54, 1.807) is 0 Å². The second kappa shape index (κ2) is 7.10. The zero-order valence-corrected chi connectivity index (χ0v) is 13.2. The fourth-order valence-corrected chi connectivity index (χ4v) is 3.59. The van der Waals surface area contributed by atoms with Crippen molar-refractivity contribution in [1.29, 1.82) is 0 Å². The van der Waals surface area contributed by atoms with Crippen LogP contribution in [0.25, 0.3) is 0 Å². The number of aliphatic carboxylic acids is 1. The molecule has 0 spiro atoms. The molecule has 0 heterocycles. The fourth-order valence-electron chi connectivity index (χ4n) is 3.59. The van der Waals surface area contributed by atoms with Crippen LogP contribution in [0.1, 0.15) is 58.8 Å². The number of hydrogen-bond acceptors (Lipinski definition) is 2. The van der Waals surface area contributed by atoms with E-state index >= 15 is 0 Å². The Labute approximate surface area is 127 Å². The summed E-state index contributed by atoms with van der Waals surface area (Å²) in [5.74, 6) is -1.32. The van der Waals surface area contributed by atoms with Gasteiger partial charge < -0.3 is 10.4 Å². The Kier molecular flexibility index (Phi) is 5.43. The van der Waals surface area contributed by atoms with Crippen molar-refractivity contribution in [3.8, 4) is 0 Å². The van der Waals surface area contributed by atoms with Gasteiger partial charge in [0.2, 0.25) is 5.91 Å². The van der Waals surface area contributed by atoms with Gasteiger partial charge in [0.05, 0.1) is 11.8 Å². The largest absolute Gasteiger partial charge is 0.481 e. The van der Waals surface area contributed by atoms with E-state index in [9.17, 15) is 14.7 Å². The Morgan fingerprint density at radius 1 is 1.05 bits per heavy atom. The Morgan fingerprint density at radius 2 is 1.62 bits per heavy atom. The van der Waals surface area contributed by atoms with Crippen molar-refractivity contribution < 1.29 is 14.7 Å². The number of amides is 1. The average Bonchev–Trinajstić information content (AvgIpc) is 2.48. The summed E-state index contributed by atoms with van der Waals surface area (Å²) in [5.41, 5.74) is 2.30. The number of rotatable bonds is 4. The van der Waals surface area contributed by atoms with Gasteiger partial charge in [0.1, 0.15) is 0 Å². The molecule has 0 saturated heterocycles. The molecule has 2 N–H and O–H groups in total. The molecule has 0 aromatic rings. The Bertz CT molecular complexity index is 435. The summed E-state index contributed by atoms with van der Waals surface area (Å²) < 4.78 is 0. The normalized spacial score (nSPS) is 27.5. The molecular weight excluding hydrogens is 266 g/mol.